The van der Waals surface area contributed by atoms with Gasteiger partial charge in [-0.1, -0.05) is 26.3 Å². The SMILES string of the molecule is C/C(F)=C1/CCC2C3CCC4=CC(=O)[C@H](C)C[C@]4(C)C3CC[C@]12C. The van der Waals surface area contributed by atoms with Crippen molar-refractivity contribution in [2.45, 2.75) is 72.6 Å². The van der Waals surface area contributed by atoms with E-state index in [1.807, 2.05) is 6.08 Å². The van der Waals surface area contributed by atoms with E-state index in [0.29, 0.717) is 23.5 Å². The third-order valence-corrected chi connectivity index (χ3v) is 8.47. The molecule has 4 rings (SSSR count). The molecule has 0 amide bonds. The lowest BCUT2D eigenvalue weighted by Gasteiger charge is -2.58. The monoisotopic (exact) mass is 330 g/mol. The van der Waals surface area contributed by atoms with E-state index in [1.165, 1.54) is 18.4 Å². The van der Waals surface area contributed by atoms with E-state index >= 15 is 0 Å². The molecular formula is C22H31FO. The number of carbonyl (C=O) groups is 1. The van der Waals surface area contributed by atoms with Gasteiger partial charge in [0.2, 0.25) is 0 Å². The Bertz CT molecular complexity index is 640. The van der Waals surface area contributed by atoms with Crippen molar-refractivity contribution in [3.63, 3.8) is 0 Å². The van der Waals surface area contributed by atoms with Crippen molar-refractivity contribution in [2.75, 3.05) is 0 Å². The van der Waals surface area contributed by atoms with Gasteiger partial charge in [-0.2, -0.15) is 0 Å². The summed E-state index contributed by atoms with van der Waals surface area (Å²) in [5.74, 6) is 2.62. The van der Waals surface area contributed by atoms with Crippen LogP contribution in [0.1, 0.15) is 72.6 Å². The summed E-state index contributed by atoms with van der Waals surface area (Å²) in [4.78, 5) is 12.2. The zero-order chi connectivity index (χ0) is 17.3. The molecule has 24 heavy (non-hydrogen) atoms. The molecule has 132 valence electrons. The van der Waals surface area contributed by atoms with Crippen molar-refractivity contribution in [1.29, 1.82) is 0 Å². The fraction of sp³-hybridized carbons (Fsp3) is 0.773. The number of halogens is 1. The highest BCUT2D eigenvalue weighted by Crippen LogP contribution is 2.67. The maximum Gasteiger partial charge on any atom is 0.158 e. The summed E-state index contributed by atoms with van der Waals surface area (Å²) in [7, 11) is 0. The van der Waals surface area contributed by atoms with Gasteiger partial charge in [0.1, 0.15) is 0 Å². The molecule has 0 aromatic heterocycles. The molecule has 3 fully saturated rings. The number of hydrogen-bond donors (Lipinski definition) is 0. The van der Waals surface area contributed by atoms with Gasteiger partial charge >= 0.3 is 0 Å². The first-order chi connectivity index (χ1) is 11.3. The number of carbonyl (C=O) groups excluding carboxylic acids is 1. The van der Waals surface area contributed by atoms with Gasteiger partial charge in [0.05, 0.1) is 5.83 Å². The van der Waals surface area contributed by atoms with E-state index in [-0.39, 0.29) is 22.6 Å². The number of ketones is 1. The lowest BCUT2D eigenvalue weighted by atomic mass is 9.46. The minimum Gasteiger partial charge on any atom is -0.295 e. The molecule has 0 saturated heterocycles. The molecule has 0 aliphatic heterocycles. The van der Waals surface area contributed by atoms with Crippen LogP contribution >= 0.6 is 0 Å². The average molecular weight is 330 g/mol. The predicted molar refractivity (Wildman–Crippen MR) is 95.1 cm³/mol. The molecule has 0 aromatic carbocycles. The van der Waals surface area contributed by atoms with E-state index in [2.05, 4.69) is 20.8 Å². The number of allylic oxidation sites excluding steroid dienone is 3. The van der Waals surface area contributed by atoms with Gasteiger partial charge in [-0.05, 0) is 92.1 Å². The number of rotatable bonds is 0. The molecule has 0 N–H and O–H groups in total. The predicted octanol–water partition coefficient (Wildman–Crippen LogP) is 6.01. The Hall–Kier alpha value is -0.920. The average Bonchev–Trinajstić information content (AvgIpc) is 2.86. The quantitative estimate of drug-likeness (QED) is 0.532. The third-order valence-electron chi connectivity index (χ3n) is 8.47. The van der Waals surface area contributed by atoms with E-state index in [0.717, 1.165) is 37.7 Å². The van der Waals surface area contributed by atoms with Crippen LogP contribution in [0.15, 0.2) is 23.0 Å². The normalized spacial score (nSPS) is 49.9. The highest BCUT2D eigenvalue weighted by Gasteiger charge is 2.58. The van der Waals surface area contributed by atoms with Gasteiger partial charge in [-0.15, -0.1) is 0 Å². The number of fused-ring (bicyclic) bond motifs is 5. The highest BCUT2D eigenvalue weighted by atomic mass is 19.1. The van der Waals surface area contributed by atoms with Crippen LogP contribution in [0, 0.1) is 34.5 Å². The zero-order valence-corrected chi connectivity index (χ0v) is 15.6. The molecule has 0 aromatic rings. The molecule has 2 heteroatoms. The van der Waals surface area contributed by atoms with E-state index in [9.17, 15) is 9.18 Å². The fourth-order valence-corrected chi connectivity index (χ4v) is 7.28. The van der Waals surface area contributed by atoms with Gasteiger partial charge in [0, 0.05) is 5.92 Å². The van der Waals surface area contributed by atoms with Crippen LogP contribution in [0.3, 0.4) is 0 Å². The van der Waals surface area contributed by atoms with Crippen LogP contribution in [0.25, 0.3) is 0 Å². The summed E-state index contributed by atoms with van der Waals surface area (Å²) >= 11 is 0. The topological polar surface area (TPSA) is 17.1 Å². The van der Waals surface area contributed by atoms with Crippen LogP contribution in [-0.2, 0) is 4.79 Å². The molecule has 6 atom stereocenters. The minimum absolute atomic E-state index is 0.0814. The van der Waals surface area contributed by atoms with Gasteiger partial charge < -0.3 is 0 Å². The molecule has 3 saturated carbocycles. The molecule has 1 nitrogen and oxygen atoms in total. The van der Waals surface area contributed by atoms with E-state index in [4.69, 9.17) is 0 Å². The van der Waals surface area contributed by atoms with Gasteiger partial charge in [-0.25, -0.2) is 4.39 Å². The first kappa shape index (κ1) is 16.5. The van der Waals surface area contributed by atoms with Crippen molar-refractivity contribution in [2.24, 2.45) is 34.5 Å². The Morgan fingerprint density at radius 1 is 1.12 bits per heavy atom. The maximum absolute atomic E-state index is 14.1. The Morgan fingerprint density at radius 3 is 2.54 bits per heavy atom. The Morgan fingerprint density at radius 2 is 1.83 bits per heavy atom. The van der Waals surface area contributed by atoms with Crippen LogP contribution in [0.5, 0.6) is 0 Å². The minimum atomic E-state index is 0.0814. The first-order valence-corrected chi connectivity index (χ1v) is 9.88. The lowest BCUT2D eigenvalue weighted by Crippen LogP contribution is -2.50. The van der Waals surface area contributed by atoms with Crippen molar-refractivity contribution >= 4 is 5.78 Å². The van der Waals surface area contributed by atoms with E-state index in [1.54, 1.807) is 6.92 Å². The molecule has 4 aliphatic rings. The second-order valence-electron chi connectivity index (χ2n) is 9.52. The third kappa shape index (κ3) is 2.07. The van der Waals surface area contributed by atoms with E-state index < -0.39 is 0 Å². The molecule has 0 bridgehead atoms. The molecule has 0 spiro atoms. The highest BCUT2D eigenvalue weighted by molar-refractivity contribution is 5.93. The first-order valence-electron chi connectivity index (χ1n) is 9.88. The summed E-state index contributed by atoms with van der Waals surface area (Å²) in [6, 6.07) is 0. The smallest absolute Gasteiger partial charge is 0.158 e. The summed E-state index contributed by atoms with van der Waals surface area (Å²) < 4.78 is 14.1. The van der Waals surface area contributed by atoms with Crippen LogP contribution < -0.4 is 0 Å². The van der Waals surface area contributed by atoms with Crippen molar-refractivity contribution in [3.05, 3.63) is 23.0 Å². The molecule has 0 heterocycles. The fourth-order valence-electron chi connectivity index (χ4n) is 7.28. The Labute approximate surface area is 145 Å². The standard InChI is InChI=1S/C22H31FO/c1-13-12-22(4)15(11-20(13)24)5-6-16-18-8-7-17(14(2)23)21(18,3)10-9-19(16)22/h11,13,16,18-19H,5-10,12H2,1-4H3/b17-14+/t13-,16?,18?,19?,21-,22+/m1/s1. The van der Waals surface area contributed by atoms with Crippen LogP contribution in [-0.4, -0.2) is 5.78 Å². The lowest BCUT2D eigenvalue weighted by molar-refractivity contribution is -0.121. The van der Waals surface area contributed by atoms with Crippen LogP contribution in [0.2, 0.25) is 0 Å². The Kier molecular flexibility index (Phi) is 3.64. The maximum atomic E-state index is 14.1. The number of hydrogen-bond acceptors (Lipinski definition) is 1. The molecular weight excluding hydrogens is 299 g/mol. The summed E-state index contributed by atoms with van der Waals surface area (Å²) in [5, 5.41) is 0. The molecule has 0 radical (unpaired) electrons. The van der Waals surface area contributed by atoms with Crippen molar-refractivity contribution in [1.82, 2.24) is 0 Å². The molecule has 3 unspecified atom stereocenters. The van der Waals surface area contributed by atoms with Gasteiger partial charge in [0.15, 0.2) is 5.78 Å². The van der Waals surface area contributed by atoms with Crippen molar-refractivity contribution < 1.29 is 9.18 Å². The summed E-state index contributed by atoms with van der Waals surface area (Å²) in [5.41, 5.74) is 2.83. The van der Waals surface area contributed by atoms with Crippen LogP contribution in [0.4, 0.5) is 4.39 Å². The van der Waals surface area contributed by atoms with Gasteiger partial charge in [0.25, 0.3) is 0 Å². The summed E-state index contributed by atoms with van der Waals surface area (Å²) in [6.45, 7) is 8.51. The largest absolute Gasteiger partial charge is 0.295 e. The second-order valence-corrected chi connectivity index (χ2v) is 9.52. The Balaban J connectivity index is 1.70. The molecule has 4 aliphatic carbocycles. The zero-order valence-electron chi connectivity index (χ0n) is 15.6. The summed E-state index contributed by atoms with van der Waals surface area (Å²) in [6.07, 6.45) is 9.74. The second kappa shape index (κ2) is 5.29. The van der Waals surface area contributed by atoms with Gasteiger partial charge in [-0.3, -0.25) is 4.79 Å². The van der Waals surface area contributed by atoms with Crippen molar-refractivity contribution in [3.8, 4) is 0 Å².